The van der Waals surface area contributed by atoms with Gasteiger partial charge in [0, 0.05) is 19.5 Å². The minimum Gasteiger partial charge on any atom is -0.370 e. The SMILES string of the molecule is I.NC(=NCc1nnc2n1CCC2)NCC1CCC1. The van der Waals surface area contributed by atoms with Crippen LogP contribution in [0.5, 0.6) is 0 Å². The number of hydrogen-bond acceptors (Lipinski definition) is 3. The smallest absolute Gasteiger partial charge is 0.189 e. The summed E-state index contributed by atoms with van der Waals surface area (Å²) < 4.78 is 2.16. The van der Waals surface area contributed by atoms with E-state index in [-0.39, 0.29) is 24.0 Å². The first-order valence-electron chi connectivity index (χ1n) is 6.77. The van der Waals surface area contributed by atoms with Gasteiger partial charge in [0.05, 0.1) is 0 Å². The summed E-state index contributed by atoms with van der Waals surface area (Å²) in [6.07, 6.45) is 6.19. The van der Waals surface area contributed by atoms with Gasteiger partial charge in [-0.25, -0.2) is 4.99 Å². The topological polar surface area (TPSA) is 81.1 Å². The molecular weight excluding hydrogens is 355 g/mol. The first kappa shape index (κ1) is 14.5. The van der Waals surface area contributed by atoms with E-state index < -0.39 is 0 Å². The van der Waals surface area contributed by atoms with Crippen molar-refractivity contribution in [3.8, 4) is 0 Å². The number of halogens is 1. The lowest BCUT2D eigenvalue weighted by Gasteiger charge is -2.25. The van der Waals surface area contributed by atoms with Crippen LogP contribution in [-0.4, -0.2) is 27.3 Å². The van der Waals surface area contributed by atoms with Gasteiger partial charge in [-0.1, -0.05) is 6.42 Å². The molecule has 19 heavy (non-hydrogen) atoms. The quantitative estimate of drug-likeness (QED) is 0.468. The highest BCUT2D eigenvalue weighted by Crippen LogP contribution is 2.24. The molecule has 1 aliphatic heterocycles. The molecule has 6 nitrogen and oxygen atoms in total. The average molecular weight is 376 g/mol. The lowest BCUT2D eigenvalue weighted by atomic mass is 9.85. The zero-order valence-electron chi connectivity index (χ0n) is 11.0. The summed E-state index contributed by atoms with van der Waals surface area (Å²) in [6, 6.07) is 0. The van der Waals surface area contributed by atoms with Crippen LogP contribution in [0, 0.1) is 5.92 Å². The molecule has 3 rings (SSSR count). The number of nitrogens with two attached hydrogens (primary N) is 1. The first-order chi connectivity index (χ1) is 8.83. The van der Waals surface area contributed by atoms with E-state index in [2.05, 4.69) is 25.1 Å². The van der Waals surface area contributed by atoms with Gasteiger partial charge < -0.3 is 15.6 Å². The highest BCUT2D eigenvalue weighted by Gasteiger charge is 2.18. The van der Waals surface area contributed by atoms with Gasteiger partial charge in [0.2, 0.25) is 0 Å². The monoisotopic (exact) mass is 376 g/mol. The van der Waals surface area contributed by atoms with Gasteiger partial charge in [-0.15, -0.1) is 34.2 Å². The highest BCUT2D eigenvalue weighted by atomic mass is 127. The van der Waals surface area contributed by atoms with Gasteiger partial charge in [-0.3, -0.25) is 0 Å². The second-order valence-corrected chi connectivity index (χ2v) is 5.17. The number of aliphatic imine (C=N–C) groups is 1. The molecule has 106 valence electrons. The molecule has 1 aromatic heterocycles. The van der Waals surface area contributed by atoms with Crippen LogP contribution < -0.4 is 11.1 Å². The fraction of sp³-hybridized carbons (Fsp3) is 0.750. The molecule has 2 heterocycles. The van der Waals surface area contributed by atoms with Crippen molar-refractivity contribution in [2.24, 2.45) is 16.6 Å². The van der Waals surface area contributed by atoms with E-state index in [0.717, 1.165) is 43.5 Å². The molecule has 7 heteroatoms. The van der Waals surface area contributed by atoms with Gasteiger partial charge in [-0.2, -0.15) is 0 Å². The van der Waals surface area contributed by atoms with Crippen molar-refractivity contribution in [1.82, 2.24) is 20.1 Å². The Morgan fingerprint density at radius 3 is 2.95 bits per heavy atom. The third-order valence-electron chi connectivity index (χ3n) is 3.87. The zero-order chi connectivity index (χ0) is 12.4. The molecule has 0 bridgehead atoms. The molecule has 0 aromatic carbocycles. The predicted octanol–water partition coefficient (Wildman–Crippen LogP) is 1.05. The van der Waals surface area contributed by atoms with Crippen molar-refractivity contribution < 1.29 is 0 Å². The van der Waals surface area contributed by atoms with Gasteiger partial charge >= 0.3 is 0 Å². The third kappa shape index (κ3) is 3.37. The van der Waals surface area contributed by atoms with E-state index in [1.807, 2.05) is 0 Å². The highest BCUT2D eigenvalue weighted by molar-refractivity contribution is 14.0. The van der Waals surface area contributed by atoms with Gasteiger partial charge in [-0.05, 0) is 25.2 Å². The number of rotatable bonds is 4. The normalized spacial score (nSPS) is 18.6. The number of hydrogen-bond donors (Lipinski definition) is 2. The molecule has 1 aromatic rings. The van der Waals surface area contributed by atoms with Crippen LogP contribution in [0.2, 0.25) is 0 Å². The number of guanidine groups is 1. The van der Waals surface area contributed by atoms with E-state index in [9.17, 15) is 0 Å². The summed E-state index contributed by atoms with van der Waals surface area (Å²) in [4.78, 5) is 4.33. The van der Waals surface area contributed by atoms with Crippen molar-refractivity contribution in [3.05, 3.63) is 11.6 Å². The van der Waals surface area contributed by atoms with E-state index >= 15 is 0 Å². The van der Waals surface area contributed by atoms with Crippen LogP contribution in [-0.2, 0) is 19.5 Å². The summed E-state index contributed by atoms with van der Waals surface area (Å²) >= 11 is 0. The average Bonchev–Trinajstić information content (AvgIpc) is 2.86. The third-order valence-corrected chi connectivity index (χ3v) is 3.87. The minimum atomic E-state index is 0. The molecule has 0 atom stereocenters. The Morgan fingerprint density at radius 2 is 2.21 bits per heavy atom. The summed E-state index contributed by atoms with van der Waals surface area (Å²) in [5.74, 6) is 3.32. The molecular formula is C12H21IN6. The van der Waals surface area contributed by atoms with Gasteiger partial charge in [0.15, 0.2) is 11.8 Å². The molecule has 0 unspecified atom stereocenters. The summed E-state index contributed by atoms with van der Waals surface area (Å²) in [5.41, 5.74) is 5.84. The van der Waals surface area contributed by atoms with Crippen LogP contribution in [0.25, 0.3) is 0 Å². The number of nitrogens with zero attached hydrogens (tertiary/aromatic N) is 4. The van der Waals surface area contributed by atoms with Gasteiger partial charge in [0.1, 0.15) is 12.4 Å². The Labute approximate surface area is 130 Å². The molecule has 0 saturated heterocycles. The van der Waals surface area contributed by atoms with Crippen LogP contribution >= 0.6 is 24.0 Å². The van der Waals surface area contributed by atoms with Crippen molar-refractivity contribution >= 4 is 29.9 Å². The molecule has 1 aliphatic carbocycles. The number of aromatic nitrogens is 3. The second-order valence-electron chi connectivity index (χ2n) is 5.17. The first-order valence-corrected chi connectivity index (χ1v) is 6.77. The molecule has 0 spiro atoms. The van der Waals surface area contributed by atoms with Crippen LogP contribution in [0.4, 0.5) is 0 Å². The van der Waals surface area contributed by atoms with E-state index in [1.54, 1.807) is 0 Å². The van der Waals surface area contributed by atoms with Crippen molar-refractivity contribution in [3.63, 3.8) is 0 Å². The summed E-state index contributed by atoms with van der Waals surface area (Å²) in [5, 5.41) is 11.5. The van der Waals surface area contributed by atoms with E-state index in [0.29, 0.717) is 12.5 Å². The Bertz CT molecular complexity index is 451. The molecule has 0 radical (unpaired) electrons. The fourth-order valence-electron chi connectivity index (χ4n) is 2.49. The molecule has 2 aliphatic rings. The molecule has 3 N–H and O–H groups in total. The van der Waals surface area contributed by atoms with Crippen LogP contribution in [0.15, 0.2) is 4.99 Å². The maximum Gasteiger partial charge on any atom is 0.189 e. The summed E-state index contributed by atoms with van der Waals surface area (Å²) in [6.45, 7) is 2.49. The second kappa shape index (κ2) is 6.53. The Morgan fingerprint density at radius 1 is 1.37 bits per heavy atom. The standard InChI is InChI=1S/C12H20N6.HI/c13-12(14-7-9-3-1-4-9)15-8-11-17-16-10-5-2-6-18(10)11;/h9H,1-8H2,(H3,13,14,15);1H. The lowest BCUT2D eigenvalue weighted by molar-refractivity contribution is 0.315. The zero-order valence-corrected chi connectivity index (χ0v) is 13.3. The molecule has 1 fully saturated rings. The number of aryl methyl sites for hydroxylation is 1. The van der Waals surface area contributed by atoms with Crippen molar-refractivity contribution in [2.75, 3.05) is 6.54 Å². The lowest BCUT2D eigenvalue weighted by Crippen LogP contribution is -2.37. The Balaban J connectivity index is 0.00000133. The summed E-state index contributed by atoms with van der Waals surface area (Å²) in [7, 11) is 0. The van der Waals surface area contributed by atoms with Crippen molar-refractivity contribution in [1.29, 1.82) is 0 Å². The van der Waals surface area contributed by atoms with Crippen LogP contribution in [0.3, 0.4) is 0 Å². The Hall–Kier alpha value is -0.860. The number of nitrogens with one attached hydrogen (secondary N) is 1. The van der Waals surface area contributed by atoms with Crippen molar-refractivity contribution in [2.45, 2.75) is 45.2 Å². The maximum absolute atomic E-state index is 5.84. The van der Waals surface area contributed by atoms with Crippen LogP contribution in [0.1, 0.15) is 37.3 Å². The number of fused-ring (bicyclic) bond motifs is 1. The molecule has 1 saturated carbocycles. The predicted molar refractivity (Wildman–Crippen MR) is 84.4 cm³/mol. The van der Waals surface area contributed by atoms with Gasteiger partial charge in [0.25, 0.3) is 0 Å². The van der Waals surface area contributed by atoms with E-state index in [1.165, 1.54) is 19.3 Å². The Kier molecular flexibility index (Phi) is 5.00. The van der Waals surface area contributed by atoms with E-state index in [4.69, 9.17) is 5.73 Å². The fourth-order valence-corrected chi connectivity index (χ4v) is 2.49. The maximum atomic E-state index is 5.84. The minimum absolute atomic E-state index is 0. The largest absolute Gasteiger partial charge is 0.370 e. The molecule has 0 amide bonds.